The van der Waals surface area contributed by atoms with E-state index >= 15 is 0 Å². The third-order valence-electron chi connectivity index (χ3n) is 5.26. The summed E-state index contributed by atoms with van der Waals surface area (Å²) in [4.78, 5) is 27.4. The number of hydrogen-bond donors (Lipinski definition) is 1. The first-order valence-corrected chi connectivity index (χ1v) is 8.75. The first-order valence-electron chi connectivity index (χ1n) is 8.75. The Hall–Kier alpha value is -2.77. The van der Waals surface area contributed by atoms with E-state index in [1.165, 1.54) is 6.08 Å². The molecule has 0 spiro atoms. The van der Waals surface area contributed by atoms with Gasteiger partial charge in [0.05, 0.1) is 6.04 Å². The summed E-state index contributed by atoms with van der Waals surface area (Å²) >= 11 is 0. The lowest BCUT2D eigenvalue weighted by Gasteiger charge is -2.43. The van der Waals surface area contributed by atoms with E-state index < -0.39 is 29.1 Å². The molecule has 1 aromatic carbocycles. The van der Waals surface area contributed by atoms with Gasteiger partial charge in [0.1, 0.15) is 12.2 Å². The summed E-state index contributed by atoms with van der Waals surface area (Å²) in [7, 11) is 3.61. The predicted molar refractivity (Wildman–Crippen MR) is 95.2 cm³/mol. The number of Topliss-reactive ketones (excluding diaryl/α,β-unsaturated/α-hetero) is 1. The molecule has 0 saturated carbocycles. The first-order chi connectivity index (χ1) is 12.9. The van der Waals surface area contributed by atoms with Gasteiger partial charge in [-0.15, -0.1) is 0 Å². The second-order valence-electron chi connectivity index (χ2n) is 7.11. The van der Waals surface area contributed by atoms with Crippen LogP contribution in [0.1, 0.15) is 34.1 Å². The van der Waals surface area contributed by atoms with Crippen molar-refractivity contribution >= 4 is 11.6 Å². The van der Waals surface area contributed by atoms with Crippen molar-refractivity contribution in [1.29, 1.82) is 0 Å². The molecule has 0 saturated heterocycles. The molecular formula is C20H20N2O5. The SMILES string of the molecule is CN(C)[C@@H]1c2onc(OCc3ccccc3)c2C(=O)[C@@]2(O)C(=O)C=CCC12. The number of hydrogen-bond acceptors (Lipinski definition) is 7. The Bertz CT molecular complexity index is 918. The number of aliphatic hydroxyl groups is 1. The Morgan fingerprint density at radius 3 is 2.74 bits per heavy atom. The van der Waals surface area contributed by atoms with Gasteiger partial charge in [-0.25, -0.2) is 0 Å². The van der Waals surface area contributed by atoms with Gasteiger partial charge in [-0.3, -0.25) is 14.5 Å². The Morgan fingerprint density at radius 1 is 1.30 bits per heavy atom. The fourth-order valence-corrected chi connectivity index (χ4v) is 3.93. The summed E-state index contributed by atoms with van der Waals surface area (Å²) in [5.74, 6) is -1.64. The van der Waals surface area contributed by atoms with Crippen LogP contribution in [-0.2, 0) is 11.4 Å². The van der Waals surface area contributed by atoms with Gasteiger partial charge in [0.25, 0.3) is 5.88 Å². The van der Waals surface area contributed by atoms with Gasteiger partial charge in [-0.05, 0) is 37.3 Å². The summed E-state index contributed by atoms with van der Waals surface area (Å²) in [5, 5.41) is 15.0. The molecule has 1 aromatic heterocycles. The zero-order chi connectivity index (χ0) is 19.2. The highest BCUT2D eigenvalue weighted by Gasteiger charge is 2.60. The summed E-state index contributed by atoms with van der Waals surface area (Å²) < 4.78 is 11.2. The number of nitrogens with zero attached hydrogens (tertiary/aromatic N) is 2. The van der Waals surface area contributed by atoms with E-state index in [4.69, 9.17) is 9.26 Å². The summed E-state index contributed by atoms with van der Waals surface area (Å²) in [5.41, 5.74) is -1.19. The number of ether oxygens (including phenoxy) is 1. The molecule has 1 unspecified atom stereocenters. The summed E-state index contributed by atoms with van der Waals surface area (Å²) in [6.07, 6.45) is 3.33. The van der Waals surface area contributed by atoms with Crippen molar-refractivity contribution in [3.63, 3.8) is 0 Å². The van der Waals surface area contributed by atoms with E-state index in [0.717, 1.165) is 5.56 Å². The number of allylic oxidation sites excluding steroid dienone is 1. The molecular weight excluding hydrogens is 348 g/mol. The second kappa shape index (κ2) is 6.44. The summed E-state index contributed by atoms with van der Waals surface area (Å²) in [6.45, 7) is 0.190. The van der Waals surface area contributed by atoms with Crippen LogP contribution in [0.3, 0.4) is 0 Å². The Balaban J connectivity index is 1.75. The molecule has 2 aliphatic carbocycles. The lowest BCUT2D eigenvalue weighted by molar-refractivity contribution is -0.137. The number of benzene rings is 1. The molecule has 0 radical (unpaired) electrons. The number of aromatic nitrogens is 1. The van der Waals surface area contributed by atoms with Gasteiger partial charge in [-0.2, -0.15) is 0 Å². The monoisotopic (exact) mass is 368 g/mol. The quantitative estimate of drug-likeness (QED) is 0.824. The van der Waals surface area contributed by atoms with Gasteiger partial charge in [0.2, 0.25) is 5.78 Å². The van der Waals surface area contributed by atoms with Crippen molar-refractivity contribution in [2.75, 3.05) is 14.1 Å². The van der Waals surface area contributed by atoms with Gasteiger partial charge in [0, 0.05) is 5.92 Å². The molecule has 2 aliphatic rings. The van der Waals surface area contributed by atoms with Crippen molar-refractivity contribution in [3.05, 3.63) is 59.4 Å². The highest BCUT2D eigenvalue weighted by atomic mass is 16.5. The smallest absolute Gasteiger partial charge is 0.265 e. The zero-order valence-electron chi connectivity index (χ0n) is 15.1. The Labute approximate surface area is 156 Å². The first kappa shape index (κ1) is 17.6. The maximum Gasteiger partial charge on any atom is 0.265 e. The maximum atomic E-state index is 13.1. The number of ketones is 2. The lowest BCUT2D eigenvalue weighted by atomic mass is 9.65. The summed E-state index contributed by atoms with van der Waals surface area (Å²) in [6, 6.07) is 8.95. The second-order valence-corrected chi connectivity index (χ2v) is 7.11. The van der Waals surface area contributed by atoms with Crippen molar-refractivity contribution in [2.45, 2.75) is 24.7 Å². The molecule has 0 bridgehead atoms. The minimum atomic E-state index is -2.13. The van der Waals surface area contributed by atoms with E-state index in [0.29, 0.717) is 12.2 Å². The fraction of sp³-hybridized carbons (Fsp3) is 0.350. The zero-order valence-corrected chi connectivity index (χ0v) is 15.1. The molecule has 4 rings (SSSR count). The molecule has 1 heterocycles. The van der Waals surface area contributed by atoms with Crippen LogP contribution in [-0.4, -0.2) is 46.4 Å². The van der Waals surface area contributed by atoms with Gasteiger partial charge >= 0.3 is 0 Å². The average Bonchev–Trinajstić information content (AvgIpc) is 3.07. The van der Waals surface area contributed by atoms with Gasteiger partial charge < -0.3 is 14.4 Å². The third-order valence-corrected chi connectivity index (χ3v) is 5.26. The van der Waals surface area contributed by atoms with E-state index in [1.807, 2.05) is 35.2 Å². The van der Waals surface area contributed by atoms with E-state index in [1.54, 1.807) is 20.2 Å². The van der Waals surface area contributed by atoms with Crippen LogP contribution in [0.4, 0.5) is 0 Å². The number of rotatable bonds is 4. The van der Waals surface area contributed by atoms with Crippen LogP contribution in [0.15, 0.2) is 47.0 Å². The van der Waals surface area contributed by atoms with Crippen LogP contribution < -0.4 is 4.74 Å². The molecule has 0 fully saturated rings. The molecule has 3 atom stereocenters. The minimum Gasteiger partial charge on any atom is -0.470 e. The molecule has 27 heavy (non-hydrogen) atoms. The minimum absolute atomic E-state index is 0.0000638. The highest BCUT2D eigenvalue weighted by Crippen LogP contribution is 2.49. The van der Waals surface area contributed by atoms with Crippen molar-refractivity contribution < 1.29 is 24.0 Å². The van der Waals surface area contributed by atoms with Crippen LogP contribution in [0.25, 0.3) is 0 Å². The van der Waals surface area contributed by atoms with Gasteiger partial charge in [-0.1, -0.05) is 36.4 Å². The molecule has 0 aliphatic heterocycles. The van der Waals surface area contributed by atoms with Gasteiger partial charge in [0.15, 0.2) is 17.1 Å². The van der Waals surface area contributed by atoms with Crippen molar-refractivity contribution in [2.24, 2.45) is 5.92 Å². The van der Waals surface area contributed by atoms with Crippen LogP contribution in [0.2, 0.25) is 0 Å². The standard InChI is InChI=1S/C20H20N2O5/c1-22(2)16-13-9-6-10-14(23)20(13,25)18(24)15-17(16)27-21-19(15)26-11-12-7-4-3-5-8-12/h3-8,10,13,16,25H,9,11H2,1-2H3/t13?,16-,20-/m0/s1. The average molecular weight is 368 g/mol. The molecule has 7 heteroatoms. The number of carbonyl (C=O) groups is 2. The molecule has 7 nitrogen and oxygen atoms in total. The van der Waals surface area contributed by atoms with Crippen molar-refractivity contribution in [1.82, 2.24) is 10.1 Å². The van der Waals surface area contributed by atoms with E-state index in [-0.39, 0.29) is 18.1 Å². The topological polar surface area (TPSA) is 92.9 Å². The molecule has 2 aromatic rings. The Morgan fingerprint density at radius 2 is 2.04 bits per heavy atom. The number of fused-ring (bicyclic) bond motifs is 2. The van der Waals surface area contributed by atoms with Crippen LogP contribution in [0.5, 0.6) is 5.88 Å². The fourth-order valence-electron chi connectivity index (χ4n) is 3.93. The lowest BCUT2D eigenvalue weighted by Crippen LogP contribution is -2.59. The molecule has 0 amide bonds. The third kappa shape index (κ3) is 2.62. The largest absolute Gasteiger partial charge is 0.470 e. The van der Waals surface area contributed by atoms with Crippen LogP contribution >= 0.6 is 0 Å². The van der Waals surface area contributed by atoms with Crippen LogP contribution in [0, 0.1) is 5.92 Å². The van der Waals surface area contributed by atoms with E-state index in [9.17, 15) is 14.7 Å². The number of carbonyl (C=O) groups excluding carboxylic acids is 2. The molecule has 1 N–H and O–H groups in total. The predicted octanol–water partition coefficient (Wildman–Crippen LogP) is 1.93. The highest BCUT2D eigenvalue weighted by molar-refractivity contribution is 6.23. The maximum absolute atomic E-state index is 13.1. The normalized spacial score (nSPS) is 26.8. The van der Waals surface area contributed by atoms with Crippen molar-refractivity contribution in [3.8, 4) is 5.88 Å². The molecule has 140 valence electrons. The van der Waals surface area contributed by atoms with E-state index in [2.05, 4.69) is 5.16 Å². The Kier molecular flexibility index (Phi) is 4.20.